The van der Waals surface area contributed by atoms with Crippen LogP contribution in [0.3, 0.4) is 0 Å². The molecule has 1 N–H and O–H groups in total. The average Bonchev–Trinajstić information content (AvgIpc) is 3.13. The van der Waals surface area contributed by atoms with Gasteiger partial charge in [-0.15, -0.1) is 11.3 Å². The molecule has 2 atom stereocenters. The Labute approximate surface area is 204 Å². The number of quaternary nitrogens is 1. The van der Waals surface area contributed by atoms with Crippen LogP contribution in [0.4, 0.5) is 0 Å². The van der Waals surface area contributed by atoms with Crippen molar-refractivity contribution < 1.29 is 22.5 Å². The van der Waals surface area contributed by atoms with Crippen molar-refractivity contribution in [2.24, 2.45) is 0 Å². The Hall–Kier alpha value is -2.62. The van der Waals surface area contributed by atoms with Gasteiger partial charge < -0.3 is 9.80 Å². The van der Waals surface area contributed by atoms with Gasteiger partial charge in [0, 0.05) is 0 Å². The molecule has 3 aromatic rings. The molecule has 1 aliphatic heterocycles. The SMILES string of the molecule is CCCC(NC(=O)C1(CS(=O)(=O)Cc2ccccc2)C[N+]1(C)C)C(=O)c1nc2ccccc2s1. The van der Waals surface area contributed by atoms with Gasteiger partial charge in [-0.05, 0) is 24.1 Å². The van der Waals surface area contributed by atoms with E-state index in [0.29, 0.717) is 30.0 Å². The highest BCUT2D eigenvalue weighted by Gasteiger charge is 2.71. The van der Waals surface area contributed by atoms with Crippen LogP contribution in [0.15, 0.2) is 54.6 Å². The standard InChI is InChI=1S/C25H29N3O4S2/c1-4-10-20(22(29)23-26-19-13-8-9-14-21(19)33-23)27-24(30)25(16-28(25,2)3)17-34(31,32)15-18-11-6-5-7-12-18/h5-9,11-14,20H,4,10,15-17H2,1-3H3/p+1. The molecule has 1 amide bonds. The number of carbonyl (C=O) groups is 2. The Morgan fingerprint density at radius 1 is 1.12 bits per heavy atom. The molecule has 1 aromatic heterocycles. The van der Waals surface area contributed by atoms with E-state index in [9.17, 15) is 18.0 Å². The quantitative estimate of drug-likeness (QED) is 0.262. The summed E-state index contributed by atoms with van der Waals surface area (Å²) in [5, 5.41) is 3.26. The molecule has 9 heteroatoms. The molecular weight excluding hydrogens is 470 g/mol. The van der Waals surface area contributed by atoms with Crippen molar-refractivity contribution >= 4 is 43.1 Å². The van der Waals surface area contributed by atoms with Crippen LogP contribution in [0.5, 0.6) is 0 Å². The molecule has 34 heavy (non-hydrogen) atoms. The maximum atomic E-state index is 13.5. The smallest absolute Gasteiger partial charge is 0.289 e. The summed E-state index contributed by atoms with van der Waals surface area (Å²) in [6.07, 6.45) is 1.15. The van der Waals surface area contributed by atoms with Crippen molar-refractivity contribution in [2.75, 3.05) is 26.4 Å². The third-order valence-corrected chi connectivity index (χ3v) is 9.27. The van der Waals surface area contributed by atoms with Crippen molar-refractivity contribution in [3.63, 3.8) is 0 Å². The van der Waals surface area contributed by atoms with Crippen LogP contribution in [0.2, 0.25) is 0 Å². The number of rotatable bonds is 10. The number of aromatic nitrogens is 1. The minimum atomic E-state index is -3.56. The first-order valence-corrected chi connectivity index (χ1v) is 14.0. The lowest BCUT2D eigenvalue weighted by Crippen LogP contribution is -2.53. The van der Waals surface area contributed by atoms with Gasteiger partial charge in [-0.1, -0.05) is 55.8 Å². The molecule has 0 radical (unpaired) electrons. The van der Waals surface area contributed by atoms with Gasteiger partial charge in [0.1, 0.15) is 12.3 Å². The zero-order chi connectivity index (χ0) is 24.6. The molecule has 1 aliphatic rings. The molecule has 2 unspecified atom stereocenters. The molecule has 180 valence electrons. The van der Waals surface area contributed by atoms with E-state index in [1.165, 1.54) is 11.3 Å². The average molecular weight is 501 g/mol. The zero-order valence-electron chi connectivity index (χ0n) is 19.7. The van der Waals surface area contributed by atoms with Crippen molar-refractivity contribution in [3.8, 4) is 0 Å². The predicted octanol–water partition coefficient (Wildman–Crippen LogP) is 3.21. The van der Waals surface area contributed by atoms with Gasteiger partial charge in [-0.3, -0.25) is 9.59 Å². The molecular formula is C25H30N3O4S2+. The molecule has 1 fully saturated rings. The van der Waals surface area contributed by atoms with Gasteiger partial charge in [0.05, 0.1) is 36.1 Å². The number of thiazole rings is 1. The minimum absolute atomic E-state index is 0.119. The summed E-state index contributed by atoms with van der Waals surface area (Å²) in [7, 11) is 0.143. The van der Waals surface area contributed by atoms with Gasteiger partial charge in [-0.25, -0.2) is 13.4 Å². The first-order chi connectivity index (χ1) is 16.1. The van der Waals surface area contributed by atoms with Crippen LogP contribution in [-0.2, 0) is 20.4 Å². The van der Waals surface area contributed by atoms with Gasteiger partial charge in [0.25, 0.3) is 5.91 Å². The van der Waals surface area contributed by atoms with Crippen molar-refractivity contribution in [3.05, 3.63) is 65.2 Å². The normalized spacial score (nSPS) is 20.1. The summed E-state index contributed by atoms with van der Waals surface area (Å²) in [4.78, 5) is 31.2. The highest BCUT2D eigenvalue weighted by molar-refractivity contribution is 7.90. The van der Waals surface area contributed by atoms with Crippen molar-refractivity contribution in [1.29, 1.82) is 0 Å². The largest absolute Gasteiger partial charge is 0.340 e. The molecule has 2 aromatic carbocycles. The second-order valence-corrected chi connectivity index (χ2v) is 12.7. The number of ketones is 1. The molecule has 4 rings (SSSR count). The molecule has 0 spiro atoms. The number of Topliss-reactive ketones (excluding diaryl/α,β-unsaturated/α-hetero) is 1. The van der Waals surface area contributed by atoms with E-state index in [2.05, 4.69) is 10.3 Å². The van der Waals surface area contributed by atoms with Crippen LogP contribution in [0.25, 0.3) is 10.2 Å². The highest BCUT2D eigenvalue weighted by Crippen LogP contribution is 2.41. The van der Waals surface area contributed by atoms with Gasteiger partial charge in [0.15, 0.2) is 14.8 Å². The Morgan fingerprint density at radius 3 is 2.38 bits per heavy atom. The van der Waals surface area contributed by atoms with E-state index in [4.69, 9.17) is 0 Å². The van der Waals surface area contributed by atoms with E-state index in [1.54, 1.807) is 24.3 Å². The second-order valence-electron chi connectivity index (χ2n) is 9.56. The van der Waals surface area contributed by atoms with Crippen molar-refractivity contribution in [1.82, 2.24) is 10.3 Å². The Balaban J connectivity index is 1.54. The summed E-state index contributed by atoms with van der Waals surface area (Å²) < 4.78 is 27.3. The number of para-hydroxylation sites is 1. The summed E-state index contributed by atoms with van der Waals surface area (Å²) in [5.41, 5.74) is 0.341. The monoisotopic (exact) mass is 500 g/mol. The number of sulfone groups is 1. The fraction of sp³-hybridized carbons (Fsp3) is 0.400. The fourth-order valence-corrected chi connectivity index (χ4v) is 7.53. The van der Waals surface area contributed by atoms with Crippen molar-refractivity contribution in [2.45, 2.75) is 37.1 Å². The summed E-state index contributed by atoms with van der Waals surface area (Å²) >= 11 is 1.31. The number of hydrogen-bond acceptors (Lipinski definition) is 6. The maximum absolute atomic E-state index is 13.5. The number of hydrogen-bond donors (Lipinski definition) is 1. The summed E-state index contributed by atoms with van der Waals surface area (Å²) in [6, 6.07) is 15.8. The van der Waals surface area contributed by atoms with Crippen LogP contribution >= 0.6 is 11.3 Å². The fourth-order valence-electron chi connectivity index (χ4n) is 4.47. The summed E-state index contributed by atoms with van der Waals surface area (Å²) in [5.74, 6) is -1.000. The van der Waals surface area contributed by atoms with Crippen LogP contribution in [0.1, 0.15) is 35.1 Å². The van der Waals surface area contributed by atoms with Crippen LogP contribution < -0.4 is 5.32 Å². The predicted molar refractivity (Wildman–Crippen MR) is 134 cm³/mol. The molecule has 1 saturated heterocycles. The topological polar surface area (TPSA) is 93.2 Å². The second kappa shape index (κ2) is 9.20. The molecule has 2 heterocycles. The Morgan fingerprint density at radius 2 is 1.76 bits per heavy atom. The van der Waals surface area contributed by atoms with Gasteiger partial charge >= 0.3 is 0 Å². The van der Waals surface area contributed by atoms with E-state index < -0.39 is 21.4 Å². The van der Waals surface area contributed by atoms with Crippen LogP contribution in [-0.4, -0.2) is 67.5 Å². The van der Waals surface area contributed by atoms with E-state index in [1.807, 2.05) is 51.4 Å². The third kappa shape index (κ3) is 4.92. The number of amides is 1. The Bertz CT molecular complexity index is 1290. The first kappa shape index (κ1) is 24.5. The van der Waals surface area contributed by atoms with E-state index >= 15 is 0 Å². The number of likely N-dealkylation sites (N-methyl/N-ethyl adjacent to an activating group) is 1. The molecule has 7 nitrogen and oxygen atoms in total. The molecule has 0 aliphatic carbocycles. The maximum Gasteiger partial charge on any atom is 0.289 e. The Kier molecular flexibility index (Phi) is 6.63. The zero-order valence-corrected chi connectivity index (χ0v) is 21.3. The number of nitrogens with zero attached hydrogens (tertiary/aromatic N) is 2. The number of fused-ring (bicyclic) bond motifs is 1. The van der Waals surface area contributed by atoms with E-state index in [-0.39, 0.29) is 27.7 Å². The molecule has 0 saturated carbocycles. The summed E-state index contributed by atoms with van der Waals surface area (Å²) in [6.45, 7) is 2.35. The lowest BCUT2D eigenvalue weighted by molar-refractivity contribution is -0.777. The number of benzene rings is 2. The van der Waals surface area contributed by atoms with Gasteiger partial charge in [-0.2, -0.15) is 0 Å². The minimum Gasteiger partial charge on any atom is -0.340 e. The number of nitrogens with one attached hydrogen (secondary N) is 1. The third-order valence-electron chi connectivity index (χ3n) is 6.53. The van der Waals surface area contributed by atoms with E-state index in [0.717, 1.165) is 10.2 Å². The molecule has 0 bridgehead atoms. The van der Waals surface area contributed by atoms with Gasteiger partial charge in [0.2, 0.25) is 11.3 Å². The highest BCUT2D eigenvalue weighted by atomic mass is 32.2. The van der Waals surface area contributed by atoms with Crippen LogP contribution in [0, 0.1) is 0 Å². The lowest BCUT2D eigenvalue weighted by Gasteiger charge is -2.22. The number of carbonyl (C=O) groups excluding carboxylic acids is 2. The first-order valence-electron chi connectivity index (χ1n) is 11.4. The lowest BCUT2D eigenvalue weighted by atomic mass is 10.1.